The molecule has 0 bridgehead atoms. The van der Waals surface area contributed by atoms with Crippen LogP contribution in [-0.2, 0) is 20.7 Å². The summed E-state index contributed by atoms with van der Waals surface area (Å²) in [7, 11) is 0. The molecule has 1 aromatic heterocycles. The number of amides is 3. The Labute approximate surface area is 258 Å². The minimum Gasteiger partial charge on any atom is -0.444 e. The lowest BCUT2D eigenvalue weighted by atomic mass is 9.81. The first-order valence-electron chi connectivity index (χ1n) is 13.9. The number of nitrogens with zero attached hydrogens (tertiary/aromatic N) is 3. The highest BCUT2D eigenvalue weighted by Gasteiger charge is 2.36. The molecule has 4 N–H and O–H groups in total. The number of halogens is 2. The molecule has 10 nitrogen and oxygen atoms in total. The van der Waals surface area contributed by atoms with Crippen LogP contribution in [0.15, 0.2) is 53.0 Å². The fraction of sp³-hybridized carbons (Fsp3) is 0.433. The van der Waals surface area contributed by atoms with Gasteiger partial charge in [0.2, 0.25) is 17.1 Å². The van der Waals surface area contributed by atoms with Gasteiger partial charge in [-0.05, 0) is 106 Å². The van der Waals surface area contributed by atoms with Gasteiger partial charge in [0.1, 0.15) is 11.6 Å². The van der Waals surface area contributed by atoms with Gasteiger partial charge in [0.15, 0.2) is 5.82 Å². The number of benzene rings is 2. The molecule has 0 radical (unpaired) electrons. The fourth-order valence-electron chi connectivity index (χ4n) is 5.16. The van der Waals surface area contributed by atoms with Gasteiger partial charge in [-0.25, -0.2) is 9.89 Å². The van der Waals surface area contributed by atoms with Crippen LogP contribution in [0.1, 0.15) is 52.0 Å². The zero-order valence-corrected chi connectivity index (χ0v) is 26.2. The number of carbonyl (C=O) groups is 3. The molecule has 0 spiro atoms. The summed E-state index contributed by atoms with van der Waals surface area (Å²) < 4.78 is 6.21. The maximum Gasteiger partial charge on any atom is 0.407 e. The SMILES string of the molecule is CC(C)(C)OC(=O)NCC1CCC(C(=O)N(c2ccc(-c3n[nH]c(Cl)n3)cc2)[C@@H](Cc2cccc(Br)c2)C(N)=O)CC1. The minimum absolute atomic E-state index is 0.152. The van der Waals surface area contributed by atoms with E-state index in [2.05, 4.69) is 36.4 Å². The quantitative estimate of drug-likeness (QED) is 0.271. The first kappa shape index (κ1) is 31.5. The van der Waals surface area contributed by atoms with Gasteiger partial charge in [-0.15, -0.1) is 0 Å². The molecule has 224 valence electrons. The second kappa shape index (κ2) is 13.7. The van der Waals surface area contributed by atoms with Crippen molar-refractivity contribution in [2.24, 2.45) is 17.6 Å². The molecule has 12 heteroatoms. The number of aromatic nitrogens is 3. The zero-order valence-electron chi connectivity index (χ0n) is 23.9. The second-order valence-corrected chi connectivity index (χ2v) is 12.8. The predicted molar refractivity (Wildman–Crippen MR) is 165 cm³/mol. The van der Waals surface area contributed by atoms with Gasteiger partial charge >= 0.3 is 6.09 Å². The van der Waals surface area contributed by atoms with Crippen molar-refractivity contribution in [3.05, 3.63) is 63.9 Å². The van der Waals surface area contributed by atoms with Crippen LogP contribution in [0.2, 0.25) is 5.28 Å². The largest absolute Gasteiger partial charge is 0.444 e. The molecule has 0 unspecified atom stereocenters. The maximum absolute atomic E-state index is 14.2. The summed E-state index contributed by atoms with van der Waals surface area (Å²) in [6, 6.07) is 13.8. The summed E-state index contributed by atoms with van der Waals surface area (Å²) in [5, 5.41) is 9.71. The van der Waals surface area contributed by atoms with Crippen molar-refractivity contribution in [2.75, 3.05) is 11.4 Å². The number of carbonyl (C=O) groups excluding carboxylic acids is 3. The van der Waals surface area contributed by atoms with Crippen LogP contribution in [0, 0.1) is 11.8 Å². The van der Waals surface area contributed by atoms with E-state index in [1.54, 1.807) is 29.2 Å². The molecule has 0 saturated heterocycles. The normalized spacial score (nSPS) is 17.7. The lowest BCUT2D eigenvalue weighted by Crippen LogP contribution is -2.52. The van der Waals surface area contributed by atoms with E-state index in [4.69, 9.17) is 22.1 Å². The van der Waals surface area contributed by atoms with E-state index >= 15 is 0 Å². The van der Waals surface area contributed by atoms with E-state index in [1.165, 1.54) is 0 Å². The number of hydrogen-bond donors (Lipinski definition) is 3. The highest BCUT2D eigenvalue weighted by molar-refractivity contribution is 9.10. The summed E-state index contributed by atoms with van der Waals surface area (Å²) in [6.45, 7) is 5.95. The Morgan fingerprint density at radius 2 is 1.83 bits per heavy atom. The van der Waals surface area contributed by atoms with Crippen LogP contribution >= 0.6 is 27.5 Å². The van der Waals surface area contributed by atoms with Gasteiger partial charge in [0, 0.05) is 34.6 Å². The summed E-state index contributed by atoms with van der Waals surface area (Å²) in [4.78, 5) is 44.8. The Morgan fingerprint density at radius 3 is 2.40 bits per heavy atom. The average molecular weight is 660 g/mol. The molecule has 42 heavy (non-hydrogen) atoms. The summed E-state index contributed by atoms with van der Waals surface area (Å²) >= 11 is 9.37. The number of nitrogens with one attached hydrogen (secondary N) is 2. The molecule has 4 rings (SSSR count). The van der Waals surface area contributed by atoms with Gasteiger partial charge in [-0.3, -0.25) is 14.5 Å². The number of nitrogens with two attached hydrogens (primary N) is 1. The molecule has 1 saturated carbocycles. The van der Waals surface area contributed by atoms with Gasteiger partial charge in [-0.1, -0.05) is 28.1 Å². The number of ether oxygens (including phenoxy) is 1. The van der Waals surface area contributed by atoms with E-state index in [0.29, 0.717) is 36.5 Å². The van der Waals surface area contributed by atoms with E-state index in [1.807, 2.05) is 45.0 Å². The van der Waals surface area contributed by atoms with Crippen LogP contribution in [0.3, 0.4) is 0 Å². The Kier molecular flexibility index (Phi) is 10.3. The summed E-state index contributed by atoms with van der Waals surface area (Å²) in [6.07, 6.45) is 2.60. The molecule has 3 aromatic rings. The molecule has 1 aliphatic rings. The van der Waals surface area contributed by atoms with Crippen molar-refractivity contribution in [2.45, 2.75) is 64.5 Å². The fourth-order valence-corrected chi connectivity index (χ4v) is 5.73. The third kappa shape index (κ3) is 8.54. The van der Waals surface area contributed by atoms with Gasteiger partial charge < -0.3 is 15.8 Å². The minimum atomic E-state index is -0.901. The molecular weight excluding hydrogens is 624 g/mol. The molecule has 3 amide bonds. The maximum atomic E-state index is 14.2. The van der Waals surface area contributed by atoms with E-state index < -0.39 is 23.6 Å². The van der Waals surface area contributed by atoms with E-state index in [9.17, 15) is 14.4 Å². The number of hydrogen-bond acceptors (Lipinski definition) is 6. The molecule has 0 aliphatic heterocycles. The zero-order chi connectivity index (χ0) is 30.4. The van der Waals surface area contributed by atoms with Crippen molar-refractivity contribution in [3.8, 4) is 11.4 Å². The first-order valence-corrected chi connectivity index (χ1v) is 15.1. The van der Waals surface area contributed by atoms with Crippen LogP contribution in [-0.4, -0.2) is 51.3 Å². The van der Waals surface area contributed by atoms with E-state index in [-0.39, 0.29) is 29.4 Å². The summed E-state index contributed by atoms with van der Waals surface area (Å²) in [5.41, 5.74) is 7.51. The molecule has 1 heterocycles. The standard InChI is InChI=1S/C30H36BrClN6O4/c1-30(2,3)42-29(41)34-17-18-7-9-21(10-8-18)27(40)38(24(25(33)39)16-19-5-4-6-22(31)15-19)23-13-11-20(12-14-23)26-35-28(32)37-36-26/h4-6,11-15,18,21,24H,7-10,16-17H2,1-3H3,(H2,33,39)(H,34,41)(H,35,36,37)/t18?,21?,24-/m0/s1. The monoisotopic (exact) mass is 658 g/mol. The molecule has 1 aliphatic carbocycles. The van der Waals surface area contributed by atoms with Crippen LogP contribution in [0.5, 0.6) is 0 Å². The number of alkyl carbamates (subject to hydrolysis) is 1. The molecular formula is C30H36BrClN6O4. The van der Waals surface area contributed by atoms with Crippen molar-refractivity contribution < 1.29 is 19.1 Å². The lowest BCUT2D eigenvalue weighted by molar-refractivity contribution is -0.127. The second-order valence-electron chi connectivity index (χ2n) is 11.6. The number of rotatable bonds is 9. The highest BCUT2D eigenvalue weighted by atomic mass is 79.9. The smallest absolute Gasteiger partial charge is 0.407 e. The Bertz CT molecular complexity index is 1400. The van der Waals surface area contributed by atoms with Gasteiger partial charge in [0.25, 0.3) is 0 Å². The van der Waals surface area contributed by atoms with Crippen LogP contribution in [0.25, 0.3) is 11.4 Å². The van der Waals surface area contributed by atoms with Crippen molar-refractivity contribution >= 4 is 51.1 Å². The highest BCUT2D eigenvalue weighted by Crippen LogP contribution is 2.33. The Morgan fingerprint density at radius 1 is 1.14 bits per heavy atom. The molecule has 1 fully saturated rings. The van der Waals surface area contributed by atoms with Crippen molar-refractivity contribution in [3.63, 3.8) is 0 Å². The Hall–Kier alpha value is -3.44. The third-order valence-corrected chi connectivity index (χ3v) is 7.85. The number of H-pyrrole nitrogens is 1. The van der Waals surface area contributed by atoms with E-state index in [0.717, 1.165) is 22.9 Å². The average Bonchev–Trinajstić information content (AvgIpc) is 3.37. The van der Waals surface area contributed by atoms with Gasteiger partial charge in [0.05, 0.1) is 0 Å². The topological polar surface area (TPSA) is 143 Å². The number of aromatic amines is 1. The van der Waals surface area contributed by atoms with Crippen molar-refractivity contribution in [1.29, 1.82) is 0 Å². The summed E-state index contributed by atoms with van der Waals surface area (Å²) in [5.74, 6) is -0.387. The first-order chi connectivity index (χ1) is 19.9. The predicted octanol–water partition coefficient (Wildman–Crippen LogP) is 5.65. The molecule has 1 atom stereocenters. The third-order valence-electron chi connectivity index (χ3n) is 7.19. The van der Waals surface area contributed by atoms with Crippen molar-refractivity contribution in [1.82, 2.24) is 20.5 Å². The lowest BCUT2D eigenvalue weighted by Gasteiger charge is -2.36. The Balaban J connectivity index is 1.53. The number of anilines is 1. The van der Waals surface area contributed by atoms with Crippen LogP contribution in [0.4, 0.5) is 10.5 Å². The van der Waals surface area contributed by atoms with Crippen LogP contribution < -0.4 is 16.0 Å². The molecule has 2 aromatic carbocycles. The number of primary amides is 1. The van der Waals surface area contributed by atoms with Gasteiger partial charge in [-0.2, -0.15) is 10.1 Å².